The van der Waals surface area contributed by atoms with Crippen molar-refractivity contribution in [3.63, 3.8) is 0 Å². The number of nitrogens with zero attached hydrogens (tertiary/aromatic N) is 3. The molecule has 0 aromatic carbocycles. The van der Waals surface area contributed by atoms with Crippen molar-refractivity contribution in [2.45, 2.75) is 13.5 Å². The van der Waals surface area contributed by atoms with Gasteiger partial charge in [0, 0.05) is 0 Å². The molecule has 0 unspecified atom stereocenters. The second-order valence-electron chi connectivity index (χ2n) is 2.45. The van der Waals surface area contributed by atoms with E-state index in [0.29, 0.717) is 5.69 Å². The zero-order valence-corrected chi connectivity index (χ0v) is 6.89. The van der Waals surface area contributed by atoms with Crippen LogP contribution in [0.25, 0.3) is 0 Å². The molecule has 0 fully saturated rings. The standard InChI is InChI=1S/C6H8N4O3/c1-3-5(6(12)13)8-9-10(3)2-4(7)11/h2H2,1H3,(H2,7,11)(H,12,13). The van der Waals surface area contributed by atoms with Gasteiger partial charge in [-0.2, -0.15) is 0 Å². The van der Waals surface area contributed by atoms with Crippen molar-refractivity contribution in [3.05, 3.63) is 11.4 Å². The van der Waals surface area contributed by atoms with Gasteiger partial charge >= 0.3 is 5.97 Å². The van der Waals surface area contributed by atoms with E-state index in [9.17, 15) is 9.59 Å². The summed E-state index contributed by atoms with van der Waals surface area (Å²) in [6.45, 7) is 1.35. The molecule has 7 nitrogen and oxygen atoms in total. The first-order valence-corrected chi connectivity index (χ1v) is 3.44. The van der Waals surface area contributed by atoms with Gasteiger partial charge < -0.3 is 10.8 Å². The van der Waals surface area contributed by atoms with Crippen LogP contribution in [0.4, 0.5) is 0 Å². The first-order chi connectivity index (χ1) is 6.02. The Bertz CT molecular complexity index is 357. The second kappa shape index (κ2) is 3.21. The molecule has 0 spiro atoms. The summed E-state index contributed by atoms with van der Waals surface area (Å²) in [5.74, 6) is -1.77. The molecule has 0 aliphatic heterocycles. The van der Waals surface area contributed by atoms with Gasteiger partial charge in [-0.25, -0.2) is 9.48 Å². The third-order valence-electron chi connectivity index (χ3n) is 1.49. The molecule has 13 heavy (non-hydrogen) atoms. The second-order valence-corrected chi connectivity index (χ2v) is 2.45. The first kappa shape index (κ1) is 9.17. The number of carbonyl (C=O) groups excluding carboxylic acids is 1. The molecule has 0 atom stereocenters. The van der Waals surface area contributed by atoms with E-state index in [0.717, 1.165) is 4.68 Å². The lowest BCUT2D eigenvalue weighted by atomic mass is 10.3. The summed E-state index contributed by atoms with van der Waals surface area (Å²) in [4.78, 5) is 21.0. The Kier molecular flexibility index (Phi) is 2.27. The summed E-state index contributed by atoms with van der Waals surface area (Å²) in [5, 5.41) is 15.4. The third kappa shape index (κ3) is 1.81. The van der Waals surface area contributed by atoms with Gasteiger partial charge in [0.05, 0.1) is 5.69 Å². The maximum Gasteiger partial charge on any atom is 0.358 e. The van der Waals surface area contributed by atoms with Crippen LogP contribution in [0.15, 0.2) is 0 Å². The number of nitrogens with two attached hydrogens (primary N) is 1. The van der Waals surface area contributed by atoms with Crippen LogP contribution in [0.3, 0.4) is 0 Å². The van der Waals surface area contributed by atoms with Crippen LogP contribution in [0.2, 0.25) is 0 Å². The summed E-state index contributed by atoms with van der Waals surface area (Å²) in [6.07, 6.45) is 0. The van der Waals surface area contributed by atoms with Gasteiger partial charge in [0.25, 0.3) is 0 Å². The Morgan fingerprint density at radius 1 is 1.62 bits per heavy atom. The zero-order valence-electron chi connectivity index (χ0n) is 6.89. The van der Waals surface area contributed by atoms with E-state index >= 15 is 0 Å². The Morgan fingerprint density at radius 3 is 2.62 bits per heavy atom. The number of aromatic carboxylic acids is 1. The SMILES string of the molecule is Cc1c(C(=O)O)nnn1CC(N)=O. The Labute approximate surface area is 73.1 Å². The quantitative estimate of drug-likeness (QED) is 0.610. The number of carboxylic acid groups (broad SMARTS) is 1. The van der Waals surface area contributed by atoms with Crippen molar-refractivity contribution in [1.29, 1.82) is 0 Å². The molecule has 0 saturated carbocycles. The molecule has 3 N–H and O–H groups in total. The molecule has 1 aromatic heterocycles. The van der Waals surface area contributed by atoms with E-state index in [4.69, 9.17) is 10.8 Å². The normalized spacial score (nSPS) is 9.92. The number of carboxylic acids is 1. The molecule has 1 amide bonds. The summed E-state index contributed by atoms with van der Waals surface area (Å²) >= 11 is 0. The topological polar surface area (TPSA) is 111 Å². The maximum atomic E-state index is 10.5. The first-order valence-electron chi connectivity index (χ1n) is 3.44. The van der Waals surface area contributed by atoms with Crippen LogP contribution in [-0.4, -0.2) is 32.0 Å². The fourth-order valence-electron chi connectivity index (χ4n) is 0.856. The molecule has 70 valence electrons. The van der Waals surface area contributed by atoms with Gasteiger partial charge in [0.1, 0.15) is 6.54 Å². The summed E-state index contributed by atoms with van der Waals surface area (Å²) in [7, 11) is 0. The highest BCUT2D eigenvalue weighted by molar-refractivity contribution is 5.86. The van der Waals surface area contributed by atoms with Crippen molar-refractivity contribution >= 4 is 11.9 Å². The van der Waals surface area contributed by atoms with Crippen LogP contribution in [0, 0.1) is 6.92 Å². The lowest BCUT2D eigenvalue weighted by molar-refractivity contribution is -0.118. The average Bonchev–Trinajstić information content (AvgIpc) is 2.32. The molecule has 0 saturated heterocycles. The van der Waals surface area contributed by atoms with E-state index in [-0.39, 0.29) is 12.2 Å². The van der Waals surface area contributed by atoms with E-state index in [2.05, 4.69) is 10.3 Å². The number of hydrogen-bond acceptors (Lipinski definition) is 4. The van der Waals surface area contributed by atoms with Crippen LogP contribution >= 0.6 is 0 Å². The Morgan fingerprint density at radius 2 is 2.23 bits per heavy atom. The number of aromatic nitrogens is 3. The smallest absolute Gasteiger partial charge is 0.358 e. The number of carbonyl (C=O) groups is 2. The molecule has 0 aliphatic rings. The van der Waals surface area contributed by atoms with Gasteiger partial charge in [-0.1, -0.05) is 5.21 Å². The number of hydrogen-bond donors (Lipinski definition) is 2. The van der Waals surface area contributed by atoms with E-state index in [1.54, 1.807) is 0 Å². The van der Waals surface area contributed by atoms with E-state index in [1.807, 2.05) is 0 Å². The number of rotatable bonds is 3. The molecule has 1 aromatic rings. The van der Waals surface area contributed by atoms with Crippen LogP contribution < -0.4 is 5.73 Å². The molecule has 7 heteroatoms. The number of amides is 1. The maximum absolute atomic E-state index is 10.5. The lowest BCUT2D eigenvalue weighted by Crippen LogP contribution is -2.20. The van der Waals surface area contributed by atoms with Crippen LogP contribution in [-0.2, 0) is 11.3 Å². The summed E-state index contributed by atoms with van der Waals surface area (Å²) < 4.78 is 1.14. The largest absolute Gasteiger partial charge is 0.476 e. The zero-order chi connectivity index (χ0) is 10.0. The molecular weight excluding hydrogens is 176 g/mol. The molecule has 1 heterocycles. The average molecular weight is 184 g/mol. The van der Waals surface area contributed by atoms with Crippen molar-refractivity contribution in [3.8, 4) is 0 Å². The Balaban J connectivity index is 2.99. The molecule has 1 rings (SSSR count). The van der Waals surface area contributed by atoms with Gasteiger partial charge in [-0.3, -0.25) is 4.79 Å². The third-order valence-corrected chi connectivity index (χ3v) is 1.49. The minimum Gasteiger partial charge on any atom is -0.476 e. The number of primary amides is 1. The van der Waals surface area contributed by atoms with Crippen molar-refractivity contribution < 1.29 is 14.7 Å². The predicted molar refractivity (Wildman–Crippen MR) is 40.9 cm³/mol. The molecule has 0 aliphatic carbocycles. The minimum absolute atomic E-state index is 0.161. The van der Waals surface area contributed by atoms with Gasteiger partial charge in [-0.15, -0.1) is 5.10 Å². The predicted octanol–water partition coefficient (Wildman–Crippen LogP) is -1.23. The highest BCUT2D eigenvalue weighted by Crippen LogP contribution is 2.02. The van der Waals surface area contributed by atoms with Gasteiger partial charge in [0.2, 0.25) is 5.91 Å². The highest BCUT2D eigenvalue weighted by Gasteiger charge is 2.15. The van der Waals surface area contributed by atoms with Gasteiger partial charge in [-0.05, 0) is 6.92 Å². The van der Waals surface area contributed by atoms with Crippen molar-refractivity contribution in [1.82, 2.24) is 15.0 Å². The van der Waals surface area contributed by atoms with E-state index in [1.165, 1.54) is 6.92 Å². The molecular formula is C6H8N4O3. The minimum atomic E-state index is -1.17. The van der Waals surface area contributed by atoms with Crippen molar-refractivity contribution in [2.24, 2.45) is 5.73 Å². The van der Waals surface area contributed by atoms with E-state index < -0.39 is 11.9 Å². The molecule has 0 bridgehead atoms. The monoisotopic (exact) mass is 184 g/mol. The van der Waals surface area contributed by atoms with Crippen LogP contribution in [0.5, 0.6) is 0 Å². The summed E-state index contributed by atoms with van der Waals surface area (Å²) in [5.41, 5.74) is 5.05. The Hall–Kier alpha value is -1.92. The lowest BCUT2D eigenvalue weighted by Gasteiger charge is -1.97. The summed E-state index contributed by atoms with van der Waals surface area (Å²) in [6, 6.07) is 0. The van der Waals surface area contributed by atoms with Crippen LogP contribution in [0.1, 0.15) is 16.2 Å². The molecule has 0 radical (unpaired) electrons. The fraction of sp³-hybridized carbons (Fsp3) is 0.333. The van der Waals surface area contributed by atoms with Gasteiger partial charge in [0.15, 0.2) is 5.69 Å². The highest BCUT2D eigenvalue weighted by atomic mass is 16.4. The fourth-order valence-corrected chi connectivity index (χ4v) is 0.856. The van der Waals surface area contributed by atoms with Crippen molar-refractivity contribution in [2.75, 3.05) is 0 Å².